The zero-order valence-corrected chi connectivity index (χ0v) is 18.5. The fourth-order valence-electron chi connectivity index (χ4n) is 3.66. The Kier molecular flexibility index (Phi) is 7.07. The Morgan fingerprint density at radius 2 is 1.94 bits per heavy atom. The number of anilines is 3. The number of alkyl halides is 3. The molecule has 0 spiro atoms. The van der Waals surface area contributed by atoms with Crippen molar-refractivity contribution in [2.24, 2.45) is 0 Å². The summed E-state index contributed by atoms with van der Waals surface area (Å²) in [5.74, 6) is -0.115. The normalized spacial score (nSPS) is 15.1. The number of ether oxygens (including phenoxy) is 1. The predicted molar refractivity (Wildman–Crippen MR) is 115 cm³/mol. The topological polar surface area (TPSA) is 82.6 Å². The number of amides is 1. The van der Waals surface area contributed by atoms with Crippen molar-refractivity contribution < 1.29 is 22.7 Å². The number of piperidine rings is 1. The summed E-state index contributed by atoms with van der Waals surface area (Å²) in [5.41, 5.74) is -0.0615. The third-order valence-electron chi connectivity index (χ3n) is 5.51. The molecule has 0 unspecified atom stereocenters. The second kappa shape index (κ2) is 9.60. The van der Waals surface area contributed by atoms with Gasteiger partial charge in [-0.05, 0) is 45.1 Å². The van der Waals surface area contributed by atoms with Crippen LogP contribution in [0.4, 0.5) is 30.6 Å². The zero-order valence-electron chi connectivity index (χ0n) is 18.5. The van der Waals surface area contributed by atoms with Crippen LogP contribution in [0.5, 0.6) is 5.75 Å². The molecule has 32 heavy (non-hydrogen) atoms. The second-order valence-electron chi connectivity index (χ2n) is 7.73. The van der Waals surface area contributed by atoms with E-state index in [0.717, 1.165) is 12.8 Å². The Hall–Kier alpha value is -3.08. The van der Waals surface area contributed by atoms with Gasteiger partial charge < -0.3 is 25.2 Å². The summed E-state index contributed by atoms with van der Waals surface area (Å²) in [6.07, 6.45) is -2.04. The molecule has 0 bridgehead atoms. The van der Waals surface area contributed by atoms with Gasteiger partial charge in [0.2, 0.25) is 5.95 Å². The van der Waals surface area contributed by atoms with Crippen LogP contribution in [0.25, 0.3) is 0 Å². The van der Waals surface area contributed by atoms with Crippen LogP contribution in [-0.4, -0.2) is 73.1 Å². The van der Waals surface area contributed by atoms with Crippen molar-refractivity contribution in [1.82, 2.24) is 19.8 Å². The Labute approximate surface area is 184 Å². The fourth-order valence-corrected chi connectivity index (χ4v) is 3.66. The minimum Gasteiger partial charge on any atom is -0.495 e. The highest BCUT2D eigenvalue weighted by molar-refractivity contribution is 5.95. The van der Waals surface area contributed by atoms with E-state index in [-0.39, 0.29) is 17.7 Å². The van der Waals surface area contributed by atoms with Gasteiger partial charge in [0.1, 0.15) is 17.1 Å². The highest BCUT2D eigenvalue weighted by Gasteiger charge is 2.35. The molecule has 1 aromatic heterocycles. The van der Waals surface area contributed by atoms with Gasteiger partial charge in [0.25, 0.3) is 5.91 Å². The molecule has 1 saturated heterocycles. The Balaban J connectivity index is 1.77. The molecule has 2 N–H and O–H groups in total. The first-order valence-corrected chi connectivity index (χ1v) is 10.2. The van der Waals surface area contributed by atoms with Crippen molar-refractivity contribution in [3.05, 3.63) is 35.5 Å². The second-order valence-corrected chi connectivity index (χ2v) is 7.73. The molecule has 8 nitrogen and oxygen atoms in total. The van der Waals surface area contributed by atoms with E-state index in [1.165, 1.54) is 14.2 Å². The molecule has 0 saturated carbocycles. The molecule has 174 valence electrons. The lowest BCUT2D eigenvalue weighted by Crippen LogP contribution is -2.44. The largest absolute Gasteiger partial charge is 0.495 e. The first-order chi connectivity index (χ1) is 15.1. The molecule has 1 fully saturated rings. The van der Waals surface area contributed by atoms with E-state index in [1.54, 1.807) is 18.2 Å². The summed E-state index contributed by atoms with van der Waals surface area (Å²) in [5, 5.41) is 5.29. The summed E-state index contributed by atoms with van der Waals surface area (Å²) in [6, 6.07) is 5.34. The summed E-state index contributed by atoms with van der Waals surface area (Å²) < 4.78 is 44.5. The van der Waals surface area contributed by atoms with Crippen LogP contribution in [0, 0.1) is 0 Å². The number of nitrogens with one attached hydrogen (secondary N) is 2. The standard InChI is InChI=1S/C21H27F3N6O2/c1-25-18-15(21(22,23)24)12-26-20(28-18)27-16-6-5-13(11-17(16)32-4)19(31)30-9-7-14(8-10-30)29(2)3/h5-6,11-12,14H,7-10H2,1-4H3,(H2,25,26,27,28). The van der Waals surface area contributed by atoms with Crippen LogP contribution < -0.4 is 15.4 Å². The van der Waals surface area contributed by atoms with Crippen LogP contribution >= 0.6 is 0 Å². The Morgan fingerprint density at radius 1 is 1.25 bits per heavy atom. The van der Waals surface area contributed by atoms with Crippen LogP contribution in [0.2, 0.25) is 0 Å². The molecule has 2 heterocycles. The van der Waals surface area contributed by atoms with Crippen LogP contribution in [0.15, 0.2) is 24.4 Å². The maximum Gasteiger partial charge on any atom is 0.421 e. The van der Waals surface area contributed by atoms with Crippen molar-refractivity contribution in [2.45, 2.75) is 25.1 Å². The van der Waals surface area contributed by atoms with Crippen molar-refractivity contribution in [2.75, 3.05) is 52.0 Å². The molecular weight excluding hydrogens is 425 g/mol. The minimum absolute atomic E-state index is 0.0366. The lowest BCUT2D eigenvalue weighted by atomic mass is 10.0. The summed E-state index contributed by atoms with van der Waals surface area (Å²) in [4.78, 5) is 24.6. The van der Waals surface area contributed by atoms with Crippen LogP contribution in [-0.2, 0) is 6.18 Å². The average Bonchev–Trinajstić information content (AvgIpc) is 2.78. The van der Waals surface area contributed by atoms with Crippen LogP contribution in [0.1, 0.15) is 28.8 Å². The van der Waals surface area contributed by atoms with Gasteiger partial charge in [0.05, 0.1) is 12.8 Å². The molecule has 1 aromatic carbocycles. The molecule has 3 rings (SSSR count). The molecule has 1 aliphatic rings. The van der Waals surface area contributed by atoms with Gasteiger partial charge >= 0.3 is 6.18 Å². The number of benzene rings is 1. The van der Waals surface area contributed by atoms with E-state index in [9.17, 15) is 18.0 Å². The molecule has 0 aliphatic carbocycles. The number of hydrogen-bond donors (Lipinski definition) is 2. The van der Waals surface area contributed by atoms with E-state index in [2.05, 4.69) is 25.5 Å². The van der Waals surface area contributed by atoms with Gasteiger partial charge in [-0.15, -0.1) is 0 Å². The highest BCUT2D eigenvalue weighted by atomic mass is 19.4. The number of nitrogens with zero attached hydrogens (tertiary/aromatic N) is 4. The van der Waals surface area contributed by atoms with Crippen molar-refractivity contribution >= 4 is 23.4 Å². The monoisotopic (exact) mass is 452 g/mol. The van der Waals surface area contributed by atoms with Crippen LogP contribution in [0.3, 0.4) is 0 Å². The van der Waals surface area contributed by atoms with Crippen molar-refractivity contribution in [1.29, 1.82) is 0 Å². The lowest BCUT2D eigenvalue weighted by molar-refractivity contribution is -0.137. The molecular formula is C21H27F3N6O2. The summed E-state index contributed by atoms with van der Waals surface area (Å²) in [7, 11) is 6.88. The van der Waals surface area contributed by atoms with E-state index >= 15 is 0 Å². The number of hydrogen-bond acceptors (Lipinski definition) is 7. The minimum atomic E-state index is -4.57. The molecule has 1 amide bonds. The average molecular weight is 452 g/mol. The van der Waals surface area contributed by atoms with Gasteiger partial charge in [0, 0.05) is 37.9 Å². The third-order valence-corrected chi connectivity index (χ3v) is 5.51. The number of carbonyl (C=O) groups is 1. The summed E-state index contributed by atoms with van der Waals surface area (Å²) in [6.45, 7) is 1.35. The van der Waals surface area contributed by atoms with E-state index in [1.807, 2.05) is 19.0 Å². The Bertz CT molecular complexity index is 959. The lowest BCUT2D eigenvalue weighted by Gasteiger charge is -2.35. The SMILES string of the molecule is CNc1nc(Nc2ccc(C(=O)N3CCC(N(C)C)CC3)cc2OC)ncc1C(F)(F)F. The molecule has 1 aliphatic heterocycles. The van der Waals surface area contributed by atoms with Gasteiger partial charge in [-0.2, -0.15) is 18.2 Å². The molecule has 2 aromatic rings. The number of carbonyl (C=O) groups excluding carboxylic acids is 1. The number of aromatic nitrogens is 2. The smallest absolute Gasteiger partial charge is 0.421 e. The first-order valence-electron chi connectivity index (χ1n) is 10.2. The van der Waals surface area contributed by atoms with Crippen molar-refractivity contribution in [3.8, 4) is 5.75 Å². The highest BCUT2D eigenvalue weighted by Crippen LogP contribution is 2.34. The third kappa shape index (κ3) is 5.21. The van der Waals surface area contributed by atoms with E-state index in [0.29, 0.717) is 42.3 Å². The predicted octanol–water partition coefficient (Wildman–Crippen LogP) is 3.46. The van der Waals surface area contributed by atoms with Gasteiger partial charge in [-0.25, -0.2) is 4.98 Å². The van der Waals surface area contributed by atoms with E-state index < -0.39 is 11.7 Å². The Morgan fingerprint density at radius 3 is 2.50 bits per heavy atom. The molecule has 0 radical (unpaired) electrons. The van der Waals surface area contributed by atoms with Gasteiger partial charge in [-0.1, -0.05) is 0 Å². The number of methoxy groups -OCH3 is 1. The maximum absolute atomic E-state index is 13.0. The van der Waals surface area contributed by atoms with Gasteiger partial charge in [-0.3, -0.25) is 4.79 Å². The van der Waals surface area contributed by atoms with Crippen molar-refractivity contribution in [3.63, 3.8) is 0 Å². The zero-order chi connectivity index (χ0) is 23.5. The number of rotatable bonds is 6. The molecule has 11 heteroatoms. The fraction of sp³-hybridized carbons (Fsp3) is 0.476. The van der Waals surface area contributed by atoms with Gasteiger partial charge in [0.15, 0.2) is 0 Å². The summed E-state index contributed by atoms with van der Waals surface area (Å²) >= 11 is 0. The quantitative estimate of drug-likeness (QED) is 0.695. The first kappa shape index (κ1) is 23.6. The molecule has 0 atom stereocenters. The number of halogens is 3. The number of likely N-dealkylation sites (tertiary alicyclic amines) is 1. The van der Waals surface area contributed by atoms with E-state index in [4.69, 9.17) is 4.74 Å². The maximum atomic E-state index is 13.0.